The minimum atomic E-state index is -1.01. The van der Waals surface area contributed by atoms with Crippen molar-refractivity contribution in [3.8, 4) is 0 Å². The number of esters is 1. The van der Waals surface area contributed by atoms with Gasteiger partial charge in [-0.1, -0.05) is 55.0 Å². The number of rotatable bonds is 5. The number of ether oxygens (including phenoxy) is 8. The van der Waals surface area contributed by atoms with Gasteiger partial charge in [0, 0.05) is 18.9 Å². The van der Waals surface area contributed by atoms with E-state index in [-0.39, 0.29) is 30.7 Å². The fourth-order valence-electron chi connectivity index (χ4n) is 5.97. The highest BCUT2D eigenvalue weighted by Crippen LogP contribution is 2.37. The van der Waals surface area contributed by atoms with Gasteiger partial charge in [-0.2, -0.15) is 0 Å². The lowest BCUT2D eigenvalue weighted by Gasteiger charge is -2.28. The molecule has 9 atom stereocenters. The van der Waals surface area contributed by atoms with E-state index in [9.17, 15) is 14.4 Å². The highest BCUT2D eigenvalue weighted by atomic mass is 16.7. The second-order valence-corrected chi connectivity index (χ2v) is 12.1. The monoisotopic (exact) mass is 630 g/mol. The highest BCUT2D eigenvalue weighted by Gasteiger charge is 2.49. The highest BCUT2D eigenvalue weighted by molar-refractivity contribution is 5.82. The molecule has 2 bridgehead atoms. The van der Waals surface area contributed by atoms with Crippen LogP contribution in [0.25, 0.3) is 0 Å². The molecule has 0 spiro atoms. The van der Waals surface area contributed by atoms with Gasteiger partial charge in [0.25, 0.3) is 0 Å². The SMILES string of the molecule is C=C1CC(OC(=O)OC)[C@@H]2O[C@@H]2C[C@@H]([C@@H](/C=C/[C@@H]2CC(C)=CCO2)OC(=O)OC)OC(=O)/C=C\C[C@@H]2C=CC[C@@H](C[C@@H](C)C1)O2. The molecule has 0 N–H and O–H groups in total. The molecule has 248 valence electrons. The molecule has 0 saturated carbocycles. The fourth-order valence-corrected chi connectivity index (χ4v) is 5.97. The molecule has 0 amide bonds. The number of carbonyl (C=O) groups excluding carboxylic acids is 3. The molecule has 0 aromatic heterocycles. The third-order valence-electron chi connectivity index (χ3n) is 8.21. The fraction of sp³-hybridized carbons (Fsp3) is 0.618. The van der Waals surface area contributed by atoms with Crippen molar-refractivity contribution in [1.82, 2.24) is 0 Å². The molecular formula is C34H46O11. The number of fused-ring (bicyclic) bond motifs is 3. The van der Waals surface area contributed by atoms with E-state index in [1.807, 2.05) is 19.1 Å². The zero-order chi connectivity index (χ0) is 32.3. The van der Waals surface area contributed by atoms with Crippen molar-refractivity contribution in [3.63, 3.8) is 0 Å². The molecule has 11 nitrogen and oxygen atoms in total. The maximum atomic E-state index is 13.1. The zero-order valence-corrected chi connectivity index (χ0v) is 26.6. The van der Waals surface area contributed by atoms with Crippen molar-refractivity contribution in [2.45, 2.75) is 108 Å². The lowest BCUT2D eigenvalue weighted by atomic mass is 9.90. The molecule has 11 heteroatoms. The number of hydrogen-bond donors (Lipinski definition) is 0. The average molecular weight is 631 g/mol. The zero-order valence-electron chi connectivity index (χ0n) is 26.6. The molecule has 4 aliphatic heterocycles. The maximum Gasteiger partial charge on any atom is 0.508 e. The molecule has 0 aromatic rings. The first-order valence-corrected chi connectivity index (χ1v) is 15.6. The van der Waals surface area contributed by atoms with E-state index in [0.29, 0.717) is 25.9 Å². The third-order valence-corrected chi connectivity index (χ3v) is 8.21. The van der Waals surface area contributed by atoms with Crippen LogP contribution >= 0.6 is 0 Å². The van der Waals surface area contributed by atoms with E-state index < -0.39 is 48.8 Å². The van der Waals surface area contributed by atoms with E-state index in [1.165, 1.54) is 25.9 Å². The normalized spacial score (nSPS) is 34.2. The minimum Gasteiger partial charge on any atom is -0.455 e. The van der Waals surface area contributed by atoms with Gasteiger partial charge >= 0.3 is 18.3 Å². The maximum absolute atomic E-state index is 13.1. The number of cyclic esters (lactones) is 1. The molecule has 4 aliphatic rings. The first kappa shape index (κ1) is 34.5. The van der Waals surface area contributed by atoms with Crippen molar-refractivity contribution >= 4 is 18.3 Å². The number of hydrogen-bond acceptors (Lipinski definition) is 11. The Bertz CT molecular complexity index is 1170. The summed E-state index contributed by atoms with van der Waals surface area (Å²) in [5.74, 6) is -0.327. The minimum absolute atomic E-state index is 0.0418. The first-order chi connectivity index (χ1) is 21.6. The summed E-state index contributed by atoms with van der Waals surface area (Å²) in [4.78, 5) is 37.6. The smallest absolute Gasteiger partial charge is 0.455 e. The Morgan fingerprint density at radius 3 is 2.60 bits per heavy atom. The number of carbonyl (C=O) groups is 3. The summed E-state index contributed by atoms with van der Waals surface area (Å²) in [6.07, 6.45) is 11.0. The van der Waals surface area contributed by atoms with Crippen molar-refractivity contribution < 1.29 is 52.3 Å². The molecule has 45 heavy (non-hydrogen) atoms. The van der Waals surface area contributed by atoms with Gasteiger partial charge in [0.05, 0.1) is 45.2 Å². The molecular weight excluding hydrogens is 584 g/mol. The van der Waals surface area contributed by atoms with Gasteiger partial charge in [0.1, 0.15) is 18.3 Å². The number of methoxy groups -OCH3 is 2. The predicted octanol–water partition coefficient (Wildman–Crippen LogP) is 5.69. The third kappa shape index (κ3) is 11.2. The molecule has 1 saturated heterocycles. The van der Waals surface area contributed by atoms with Crippen molar-refractivity contribution in [3.05, 3.63) is 60.3 Å². The van der Waals surface area contributed by atoms with Gasteiger partial charge in [0.2, 0.25) is 0 Å². The van der Waals surface area contributed by atoms with Crippen LogP contribution < -0.4 is 0 Å². The molecule has 1 unspecified atom stereocenters. The molecule has 4 heterocycles. The Morgan fingerprint density at radius 2 is 1.84 bits per heavy atom. The van der Waals surface area contributed by atoms with Crippen LogP contribution in [0.15, 0.2) is 60.3 Å². The van der Waals surface area contributed by atoms with Gasteiger partial charge in [-0.3, -0.25) is 0 Å². The molecule has 0 radical (unpaired) electrons. The Hall–Kier alpha value is -3.41. The summed E-state index contributed by atoms with van der Waals surface area (Å²) >= 11 is 0. The van der Waals surface area contributed by atoms with Crippen LogP contribution in [0.1, 0.15) is 58.8 Å². The van der Waals surface area contributed by atoms with Crippen LogP contribution in [0, 0.1) is 5.92 Å². The van der Waals surface area contributed by atoms with Crippen LogP contribution in [0.2, 0.25) is 0 Å². The van der Waals surface area contributed by atoms with Crippen molar-refractivity contribution in [2.75, 3.05) is 20.8 Å². The van der Waals surface area contributed by atoms with E-state index in [0.717, 1.165) is 24.8 Å². The lowest BCUT2D eigenvalue weighted by molar-refractivity contribution is -0.148. The summed E-state index contributed by atoms with van der Waals surface area (Å²) in [7, 11) is 2.45. The van der Waals surface area contributed by atoms with Crippen LogP contribution in [0.4, 0.5) is 9.59 Å². The van der Waals surface area contributed by atoms with E-state index in [1.54, 1.807) is 18.2 Å². The first-order valence-electron chi connectivity index (χ1n) is 15.6. The van der Waals surface area contributed by atoms with E-state index in [4.69, 9.17) is 37.9 Å². The predicted molar refractivity (Wildman–Crippen MR) is 163 cm³/mol. The summed E-state index contributed by atoms with van der Waals surface area (Å²) in [6, 6.07) is 0. The summed E-state index contributed by atoms with van der Waals surface area (Å²) in [5, 5.41) is 0. The largest absolute Gasteiger partial charge is 0.508 e. The quantitative estimate of drug-likeness (QED) is 0.161. The Balaban J connectivity index is 1.59. The Kier molecular flexibility index (Phi) is 12.8. The van der Waals surface area contributed by atoms with Crippen LogP contribution in [0.5, 0.6) is 0 Å². The molecule has 0 aromatic carbocycles. The molecule has 4 rings (SSSR count). The van der Waals surface area contributed by atoms with E-state index >= 15 is 0 Å². The Labute approximate surface area is 265 Å². The molecule has 1 fully saturated rings. The lowest BCUT2D eigenvalue weighted by Crippen LogP contribution is -2.36. The van der Waals surface area contributed by atoms with Gasteiger partial charge < -0.3 is 37.9 Å². The summed E-state index contributed by atoms with van der Waals surface area (Å²) in [5.41, 5.74) is 2.09. The van der Waals surface area contributed by atoms with E-state index in [2.05, 4.69) is 19.6 Å². The van der Waals surface area contributed by atoms with Gasteiger partial charge in [-0.05, 0) is 51.0 Å². The second-order valence-electron chi connectivity index (χ2n) is 12.1. The second kappa shape index (κ2) is 16.8. The standard InChI is InChI=1S/C34H46O11/c1-21-14-15-40-25(17-21)12-13-27(44-33(36)38-4)28-20-30-32(43-30)29(45-34(37)39-5)19-23(3)16-22(2)18-26-10-6-8-24(41-26)9-7-11-31(35)42-28/h6-8,11-14,22,24-30,32H,3,9-10,15-20H2,1-2,4-5H3/b11-7-,13-12+/t22-,24-,25+,26-,27+,28-,29?,30+,32-/m0/s1. The Morgan fingerprint density at radius 1 is 1.04 bits per heavy atom. The van der Waals surface area contributed by atoms with Crippen LogP contribution in [0.3, 0.4) is 0 Å². The average Bonchev–Trinajstić information content (AvgIpc) is 3.77. The van der Waals surface area contributed by atoms with Crippen molar-refractivity contribution in [2.24, 2.45) is 5.92 Å². The summed E-state index contributed by atoms with van der Waals surface area (Å²) in [6.45, 7) is 8.90. The van der Waals surface area contributed by atoms with Gasteiger partial charge in [-0.15, -0.1) is 0 Å². The van der Waals surface area contributed by atoms with Gasteiger partial charge in [0.15, 0.2) is 6.10 Å². The van der Waals surface area contributed by atoms with Crippen LogP contribution in [-0.4, -0.2) is 87.9 Å². The number of epoxide rings is 1. The molecule has 0 aliphatic carbocycles. The van der Waals surface area contributed by atoms with Crippen LogP contribution in [-0.2, 0) is 42.7 Å². The van der Waals surface area contributed by atoms with Crippen molar-refractivity contribution in [1.29, 1.82) is 0 Å². The summed E-state index contributed by atoms with van der Waals surface area (Å²) < 4.78 is 44.7. The van der Waals surface area contributed by atoms with Gasteiger partial charge in [-0.25, -0.2) is 14.4 Å². The topological polar surface area (TPSA) is 128 Å².